The largest absolute Gasteiger partial charge is 0.288 e. The average Bonchev–Trinajstić information content (AvgIpc) is 2.47. The van der Waals surface area contributed by atoms with Crippen molar-refractivity contribution in [3.63, 3.8) is 0 Å². The van der Waals surface area contributed by atoms with Crippen LogP contribution < -0.4 is 5.32 Å². The maximum Gasteiger partial charge on any atom is 0.259 e. The molecular formula is C12H11NO2. The van der Waals surface area contributed by atoms with E-state index in [1.807, 2.05) is 13.0 Å². The van der Waals surface area contributed by atoms with Gasteiger partial charge in [-0.2, -0.15) is 0 Å². The van der Waals surface area contributed by atoms with Crippen LogP contribution in [0.3, 0.4) is 0 Å². The molecule has 1 aliphatic heterocycles. The second-order valence-corrected chi connectivity index (χ2v) is 3.56. The first-order chi connectivity index (χ1) is 7.15. The van der Waals surface area contributed by atoms with Crippen LogP contribution in [-0.2, 0) is 6.42 Å². The van der Waals surface area contributed by atoms with Crippen molar-refractivity contribution in [2.45, 2.75) is 13.3 Å². The molecule has 1 heterocycles. The number of benzene rings is 1. The maximum atomic E-state index is 11.6. The van der Waals surface area contributed by atoms with Crippen LogP contribution in [-0.4, -0.2) is 11.8 Å². The molecule has 0 saturated heterocycles. The molecule has 0 unspecified atom stereocenters. The van der Waals surface area contributed by atoms with E-state index >= 15 is 0 Å². The Bertz CT molecular complexity index is 475. The molecule has 0 radical (unpaired) electrons. The van der Waals surface area contributed by atoms with Gasteiger partial charge in [0.15, 0.2) is 0 Å². The molecule has 0 saturated carbocycles. The molecule has 2 rings (SSSR count). The predicted octanol–water partition coefficient (Wildman–Crippen LogP) is 1.61. The molecule has 3 heteroatoms. The van der Waals surface area contributed by atoms with E-state index in [2.05, 4.69) is 11.9 Å². The van der Waals surface area contributed by atoms with Crippen LogP contribution in [0, 0.1) is 6.92 Å². The number of aryl methyl sites for hydroxylation is 1. The standard InChI is InChI=1S/C12H11NO2/c1-3-4-8-7(2)5-6-9-10(8)12(15)13-11(9)14/h3,5-6H,1,4H2,2H3,(H,13,14,15). The third kappa shape index (κ3) is 1.36. The van der Waals surface area contributed by atoms with Gasteiger partial charge in [-0.05, 0) is 30.5 Å². The lowest BCUT2D eigenvalue weighted by atomic mass is 9.95. The monoisotopic (exact) mass is 201 g/mol. The average molecular weight is 201 g/mol. The topological polar surface area (TPSA) is 46.2 Å². The molecule has 0 fully saturated rings. The van der Waals surface area contributed by atoms with Crippen LogP contribution in [0.5, 0.6) is 0 Å². The SMILES string of the molecule is C=CCc1c(C)ccc2c1C(=O)NC2=O. The molecule has 1 N–H and O–H groups in total. The van der Waals surface area contributed by atoms with Crippen LogP contribution in [0.1, 0.15) is 31.8 Å². The first kappa shape index (κ1) is 9.65. The lowest BCUT2D eigenvalue weighted by molar-refractivity contribution is 0.0879. The fourth-order valence-corrected chi connectivity index (χ4v) is 1.84. The highest BCUT2D eigenvalue weighted by atomic mass is 16.2. The van der Waals surface area contributed by atoms with Crippen molar-refractivity contribution in [3.8, 4) is 0 Å². The number of carbonyl (C=O) groups is 2. The second-order valence-electron chi connectivity index (χ2n) is 3.56. The summed E-state index contributed by atoms with van der Waals surface area (Å²) in [7, 11) is 0. The number of nitrogens with one attached hydrogen (secondary N) is 1. The molecule has 3 nitrogen and oxygen atoms in total. The number of amides is 2. The Kier molecular flexibility index (Phi) is 2.15. The normalized spacial score (nSPS) is 13.7. The molecule has 2 amide bonds. The highest BCUT2D eigenvalue weighted by molar-refractivity contribution is 6.22. The molecule has 0 bridgehead atoms. The van der Waals surface area contributed by atoms with Crippen molar-refractivity contribution >= 4 is 11.8 Å². The van der Waals surface area contributed by atoms with Gasteiger partial charge in [0.25, 0.3) is 11.8 Å². The molecule has 0 aromatic heterocycles. The lowest BCUT2D eigenvalue weighted by Gasteiger charge is -2.06. The minimum atomic E-state index is -0.305. The predicted molar refractivity (Wildman–Crippen MR) is 56.9 cm³/mol. The first-order valence-corrected chi connectivity index (χ1v) is 4.74. The number of imide groups is 1. The molecule has 76 valence electrons. The van der Waals surface area contributed by atoms with Gasteiger partial charge in [-0.15, -0.1) is 6.58 Å². The van der Waals surface area contributed by atoms with E-state index in [9.17, 15) is 9.59 Å². The van der Waals surface area contributed by atoms with Crippen molar-refractivity contribution in [2.75, 3.05) is 0 Å². The summed E-state index contributed by atoms with van der Waals surface area (Å²) in [5, 5.41) is 2.30. The number of hydrogen-bond acceptors (Lipinski definition) is 2. The lowest BCUT2D eigenvalue weighted by Crippen LogP contribution is -2.20. The molecule has 0 aliphatic carbocycles. The van der Waals surface area contributed by atoms with E-state index in [0.29, 0.717) is 17.5 Å². The Balaban J connectivity index is 2.69. The minimum absolute atomic E-state index is 0.296. The fraction of sp³-hybridized carbons (Fsp3) is 0.167. The van der Waals surface area contributed by atoms with Crippen molar-refractivity contribution in [2.24, 2.45) is 0 Å². The maximum absolute atomic E-state index is 11.6. The van der Waals surface area contributed by atoms with E-state index in [1.54, 1.807) is 12.1 Å². The van der Waals surface area contributed by atoms with Crippen molar-refractivity contribution in [1.82, 2.24) is 5.32 Å². The fourth-order valence-electron chi connectivity index (χ4n) is 1.84. The summed E-state index contributed by atoms with van der Waals surface area (Å²) in [6.07, 6.45) is 2.34. The van der Waals surface area contributed by atoms with Gasteiger partial charge < -0.3 is 0 Å². The minimum Gasteiger partial charge on any atom is -0.288 e. The van der Waals surface area contributed by atoms with E-state index in [4.69, 9.17) is 0 Å². The Morgan fingerprint density at radius 3 is 2.73 bits per heavy atom. The molecule has 15 heavy (non-hydrogen) atoms. The van der Waals surface area contributed by atoms with Crippen molar-refractivity contribution in [3.05, 3.63) is 47.0 Å². The third-order valence-corrected chi connectivity index (χ3v) is 2.59. The summed E-state index contributed by atoms with van der Waals surface area (Å²) in [5.74, 6) is -0.601. The zero-order chi connectivity index (χ0) is 11.0. The van der Waals surface area contributed by atoms with Gasteiger partial charge in [0.2, 0.25) is 0 Å². The first-order valence-electron chi connectivity index (χ1n) is 4.74. The van der Waals surface area contributed by atoms with E-state index in [1.165, 1.54) is 0 Å². The van der Waals surface area contributed by atoms with Gasteiger partial charge >= 0.3 is 0 Å². The Morgan fingerprint density at radius 2 is 2.07 bits per heavy atom. The zero-order valence-electron chi connectivity index (χ0n) is 8.46. The van der Waals surface area contributed by atoms with E-state index in [-0.39, 0.29) is 11.8 Å². The summed E-state index contributed by atoms with van der Waals surface area (Å²) < 4.78 is 0. The van der Waals surface area contributed by atoms with Crippen LogP contribution in [0.4, 0.5) is 0 Å². The summed E-state index contributed by atoms with van der Waals surface area (Å²) >= 11 is 0. The molecule has 1 aromatic rings. The summed E-state index contributed by atoms with van der Waals surface area (Å²) in [4.78, 5) is 22.9. The van der Waals surface area contributed by atoms with Gasteiger partial charge in [-0.1, -0.05) is 12.1 Å². The van der Waals surface area contributed by atoms with Gasteiger partial charge in [-0.25, -0.2) is 0 Å². The van der Waals surface area contributed by atoms with Gasteiger partial charge in [0.05, 0.1) is 11.1 Å². The quantitative estimate of drug-likeness (QED) is 0.583. The highest BCUT2D eigenvalue weighted by Crippen LogP contribution is 2.23. The molecule has 0 spiro atoms. The number of fused-ring (bicyclic) bond motifs is 1. The van der Waals surface area contributed by atoms with Gasteiger partial charge in [0, 0.05) is 0 Å². The Hall–Kier alpha value is -1.90. The van der Waals surface area contributed by atoms with Crippen molar-refractivity contribution in [1.29, 1.82) is 0 Å². The number of allylic oxidation sites excluding steroid dienone is 1. The third-order valence-electron chi connectivity index (χ3n) is 2.59. The molecule has 0 atom stereocenters. The molecular weight excluding hydrogens is 190 g/mol. The van der Waals surface area contributed by atoms with Gasteiger partial charge in [0.1, 0.15) is 0 Å². The van der Waals surface area contributed by atoms with Crippen LogP contribution in [0.25, 0.3) is 0 Å². The summed E-state index contributed by atoms with van der Waals surface area (Å²) in [5.41, 5.74) is 2.90. The smallest absolute Gasteiger partial charge is 0.259 e. The number of carbonyl (C=O) groups excluding carboxylic acids is 2. The van der Waals surface area contributed by atoms with Crippen LogP contribution in [0.2, 0.25) is 0 Å². The van der Waals surface area contributed by atoms with Gasteiger partial charge in [-0.3, -0.25) is 14.9 Å². The van der Waals surface area contributed by atoms with Crippen LogP contribution in [0.15, 0.2) is 24.8 Å². The number of rotatable bonds is 2. The molecule has 1 aromatic carbocycles. The zero-order valence-corrected chi connectivity index (χ0v) is 8.46. The van der Waals surface area contributed by atoms with E-state index < -0.39 is 0 Å². The summed E-state index contributed by atoms with van der Waals surface area (Å²) in [6.45, 7) is 5.58. The Morgan fingerprint density at radius 1 is 1.33 bits per heavy atom. The summed E-state index contributed by atoms with van der Waals surface area (Å²) in [6, 6.07) is 3.55. The van der Waals surface area contributed by atoms with Crippen molar-refractivity contribution < 1.29 is 9.59 Å². The van der Waals surface area contributed by atoms with Crippen LogP contribution >= 0.6 is 0 Å². The molecule has 1 aliphatic rings. The second kappa shape index (κ2) is 3.35. The highest BCUT2D eigenvalue weighted by Gasteiger charge is 2.29. The van der Waals surface area contributed by atoms with E-state index in [0.717, 1.165) is 11.1 Å². The Labute approximate surface area is 87.8 Å². The number of hydrogen-bond donors (Lipinski definition) is 1.